The first-order valence-electron chi connectivity index (χ1n) is 8.23. The monoisotopic (exact) mass is 354 g/mol. The van der Waals surface area contributed by atoms with Gasteiger partial charge in [-0.05, 0) is 12.5 Å². The molecule has 2 aliphatic heterocycles. The van der Waals surface area contributed by atoms with Gasteiger partial charge in [0.05, 0.1) is 30.5 Å². The van der Waals surface area contributed by atoms with E-state index >= 15 is 0 Å². The van der Waals surface area contributed by atoms with Crippen molar-refractivity contribution in [2.45, 2.75) is 25.0 Å². The number of rotatable bonds is 4. The maximum absolute atomic E-state index is 12.8. The van der Waals surface area contributed by atoms with Gasteiger partial charge < -0.3 is 15.0 Å². The Morgan fingerprint density at radius 3 is 3.08 bits per heavy atom. The first-order chi connectivity index (χ1) is 12.2. The molecule has 2 atom stereocenters. The number of carbonyl (C=O) groups excluding carboxylic acids is 1. The van der Waals surface area contributed by atoms with E-state index in [9.17, 15) is 10.1 Å². The van der Waals surface area contributed by atoms with Crippen LogP contribution in [0.3, 0.4) is 0 Å². The maximum atomic E-state index is 12.8. The van der Waals surface area contributed by atoms with Crippen molar-refractivity contribution in [3.8, 4) is 16.6 Å². The van der Waals surface area contributed by atoms with Gasteiger partial charge in [0.15, 0.2) is 0 Å². The number of carbonyl (C=O) groups is 1. The van der Waals surface area contributed by atoms with Crippen LogP contribution in [-0.4, -0.2) is 48.1 Å². The van der Waals surface area contributed by atoms with Crippen LogP contribution >= 0.6 is 11.3 Å². The molecule has 2 aliphatic rings. The molecule has 128 valence electrons. The molecule has 0 radical (unpaired) electrons. The van der Waals surface area contributed by atoms with E-state index in [1.807, 2.05) is 23.1 Å². The maximum Gasteiger partial charge on any atom is 0.266 e. The van der Waals surface area contributed by atoms with Crippen molar-refractivity contribution < 1.29 is 9.53 Å². The molecule has 1 amide bonds. The number of nitrogens with one attached hydrogen (secondary N) is 1. The lowest BCUT2D eigenvalue weighted by Crippen LogP contribution is -2.36. The largest absolute Gasteiger partial charge is 0.383 e. The third kappa shape index (κ3) is 2.82. The summed E-state index contributed by atoms with van der Waals surface area (Å²) in [7, 11) is 1.69. The smallest absolute Gasteiger partial charge is 0.266 e. The molecular weight excluding hydrogens is 336 g/mol. The molecule has 1 fully saturated rings. The molecule has 0 saturated carbocycles. The van der Waals surface area contributed by atoms with E-state index in [2.05, 4.69) is 16.4 Å². The van der Waals surface area contributed by atoms with Gasteiger partial charge in [-0.15, -0.1) is 11.3 Å². The molecule has 2 aromatic rings. The van der Waals surface area contributed by atoms with E-state index in [1.165, 1.54) is 11.3 Å². The summed E-state index contributed by atoms with van der Waals surface area (Å²) in [4.78, 5) is 20.1. The molecule has 0 unspecified atom stereocenters. The number of ether oxygens (including phenoxy) is 1. The Morgan fingerprint density at radius 1 is 1.48 bits per heavy atom. The van der Waals surface area contributed by atoms with Crippen LogP contribution < -0.4 is 5.32 Å². The lowest BCUT2D eigenvalue weighted by atomic mass is 10.1. The highest BCUT2D eigenvalue weighted by Gasteiger charge is 2.39. The SMILES string of the molecule is COC[C@@H]1C[C@@H](N2Cc3nc(-c4ccccc4C#N)sc3C2=O)CN1. The van der Waals surface area contributed by atoms with Gasteiger partial charge in [-0.3, -0.25) is 4.79 Å². The highest BCUT2D eigenvalue weighted by molar-refractivity contribution is 7.17. The first kappa shape index (κ1) is 16.2. The van der Waals surface area contributed by atoms with E-state index in [4.69, 9.17) is 4.74 Å². The molecule has 1 N–H and O–H groups in total. The Hall–Kier alpha value is -2.27. The Morgan fingerprint density at radius 2 is 2.32 bits per heavy atom. The number of hydrogen-bond acceptors (Lipinski definition) is 6. The van der Waals surface area contributed by atoms with Crippen molar-refractivity contribution >= 4 is 17.2 Å². The standard InChI is InChI=1S/C18H18N4O2S/c1-24-10-12-6-13(8-20-12)22-9-15-16(18(22)23)25-17(21-15)14-5-3-2-4-11(14)7-19/h2-5,12-13,20H,6,8-10H2,1H3/t12-,13+/m0/s1. The average Bonchev–Trinajstić information content (AvgIpc) is 3.32. The minimum absolute atomic E-state index is 0.0538. The summed E-state index contributed by atoms with van der Waals surface area (Å²) in [5.41, 5.74) is 2.21. The van der Waals surface area contributed by atoms with Gasteiger partial charge in [0.2, 0.25) is 0 Å². The number of fused-ring (bicyclic) bond motifs is 1. The van der Waals surface area contributed by atoms with Gasteiger partial charge in [-0.25, -0.2) is 4.98 Å². The number of aromatic nitrogens is 1. The number of nitriles is 1. The van der Waals surface area contributed by atoms with Crippen LogP contribution in [0, 0.1) is 11.3 Å². The minimum Gasteiger partial charge on any atom is -0.383 e. The predicted molar refractivity (Wildman–Crippen MR) is 94.2 cm³/mol. The summed E-state index contributed by atoms with van der Waals surface area (Å²) in [5, 5.41) is 13.4. The van der Waals surface area contributed by atoms with Crippen LogP contribution in [0.4, 0.5) is 0 Å². The minimum atomic E-state index is 0.0538. The van der Waals surface area contributed by atoms with Crippen LogP contribution in [-0.2, 0) is 11.3 Å². The molecular formula is C18H18N4O2S. The van der Waals surface area contributed by atoms with Gasteiger partial charge >= 0.3 is 0 Å². The molecule has 4 rings (SSSR count). The fraction of sp³-hybridized carbons (Fsp3) is 0.389. The van der Waals surface area contributed by atoms with E-state index in [1.54, 1.807) is 13.2 Å². The number of methoxy groups -OCH3 is 1. The lowest BCUT2D eigenvalue weighted by molar-refractivity contribution is 0.0714. The van der Waals surface area contributed by atoms with Crippen molar-refractivity contribution in [1.82, 2.24) is 15.2 Å². The summed E-state index contributed by atoms with van der Waals surface area (Å²) in [6, 6.07) is 10.0. The van der Waals surface area contributed by atoms with E-state index < -0.39 is 0 Å². The third-order valence-corrected chi connectivity index (χ3v) is 5.88. The number of amides is 1. The molecule has 0 aliphatic carbocycles. The number of benzene rings is 1. The molecule has 3 heterocycles. The molecule has 25 heavy (non-hydrogen) atoms. The van der Waals surface area contributed by atoms with E-state index in [0.717, 1.165) is 29.2 Å². The molecule has 1 aromatic carbocycles. The Balaban J connectivity index is 1.55. The second kappa shape index (κ2) is 6.56. The predicted octanol–water partition coefficient (Wildman–Crippen LogP) is 2.01. The number of thiazole rings is 1. The third-order valence-electron chi connectivity index (χ3n) is 4.76. The molecule has 6 nitrogen and oxygen atoms in total. The van der Waals surface area contributed by atoms with Gasteiger partial charge in [0.1, 0.15) is 9.88 Å². The van der Waals surface area contributed by atoms with Crippen LogP contribution in [0.15, 0.2) is 24.3 Å². The zero-order valence-electron chi connectivity index (χ0n) is 13.9. The Bertz CT molecular complexity index is 857. The second-order valence-corrected chi connectivity index (χ2v) is 7.33. The van der Waals surface area contributed by atoms with Crippen LogP contribution in [0.5, 0.6) is 0 Å². The lowest BCUT2D eigenvalue weighted by Gasteiger charge is -2.23. The van der Waals surface area contributed by atoms with Gasteiger partial charge in [-0.2, -0.15) is 5.26 Å². The summed E-state index contributed by atoms with van der Waals surface area (Å²) < 4.78 is 5.19. The fourth-order valence-corrected chi connectivity index (χ4v) is 4.60. The van der Waals surface area contributed by atoms with Crippen molar-refractivity contribution in [1.29, 1.82) is 5.26 Å². The fourth-order valence-electron chi connectivity index (χ4n) is 3.53. The van der Waals surface area contributed by atoms with Gasteiger partial charge in [0.25, 0.3) is 5.91 Å². The van der Waals surface area contributed by atoms with Crippen molar-refractivity contribution in [3.05, 3.63) is 40.4 Å². The summed E-state index contributed by atoms with van der Waals surface area (Å²) in [5.74, 6) is 0.0538. The second-order valence-electron chi connectivity index (χ2n) is 6.34. The first-order valence-corrected chi connectivity index (χ1v) is 9.05. The molecule has 0 spiro atoms. The molecule has 0 bridgehead atoms. The quantitative estimate of drug-likeness (QED) is 0.909. The van der Waals surface area contributed by atoms with Crippen LogP contribution in [0.2, 0.25) is 0 Å². The summed E-state index contributed by atoms with van der Waals surface area (Å²) in [6.07, 6.45) is 0.901. The highest BCUT2D eigenvalue weighted by Crippen LogP contribution is 2.36. The average molecular weight is 354 g/mol. The highest BCUT2D eigenvalue weighted by atomic mass is 32.1. The van der Waals surface area contributed by atoms with Crippen LogP contribution in [0.25, 0.3) is 10.6 Å². The van der Waals surface area contributed by atoms with Gasteiger partial charge in [-0.1, -0.05) is 18.2 Å². The Labute approximate surface area is 150 Å². The normalized spacial score (nSPS) is 22.2. The van der Waals surface area contributed by atoms with E-state index in [0.29, 0.717) is 29.6 Å². The summed E-state index contributed by atoms with van der Waals surface area (Å²) >= 11 is 1.39. The zero-order valence-corrected chi connectivity index (χ0v) is 14.7. The molecule has 7 heteroatoms. The number of hydrogen-bond donors (Lipinski definition) is 1. The molecule has 1 aromatic heterocycles. The summed E-state index contributed by atoms with van der Waals surface area (Å²) in [6.45, 7) is 2.00. The van der Waals surface area contributed by atoms with Gasteiger partial charge in [0, 0.05) is 31.3 Å². The zero-order chi connectivity index (χ0) is 17.4. The Kier molecular flexibility index (Phi) is 4.25. The molecule has 1 saturated heterocycles. The topological polar surface area (TPSA) is 78.2 Å². The van der Waals surface area contributed by atoms with Crippen molar-refractivity contribution in [2.24, 2.45) is 0 Å². The number of nitrogens with zero attached hydrogens (tertiary/aromatic N) is 3. The van der Waals surface area contributed by atoms with Crippen molar-refractivity contribution in [2.75, 3.05) is 20.3 Å². The van der Waals surface area contributed by atoms with Crippen molar-refractivity contribution in [3.63, 3.8) is 0 Å². The van der Waals surface area contributed by atoms with Crippen LogP contribution in [0.1, 0.15) is 27.3 Å². The van der Waals surface area contributed by atoms with E-state index in [-0.39, 0.29) is 11.9 Å².